The largest absolute Gasteiger partial charge is 0.435 e. The molecule has 0 heterocycles. The Hall–Kier alpha value is -1.12. The summed E-state index contributed by atoms with van der Waals surface area (Å²) in [4.78, 5) is 0. The molecule has 0 bridgehead atoms. The van der Waals surface area contributed by atoms with Crippen LogP contribution in [0, 0.1) is 11.8 Å². The molecule has 136 valence electrons. The normalized spacial score (nSPS) is 21.2. The fraction of sp³-hybridized carbons (Fsp3) is 0.714. The summed E-state index contributed by atoms with van der Waals surface area (Å²) in [7, 11) is 0. The molecule has 1 nitrogen and oxygen atoms in total. The minimum Gasteiger partial charge on any atom is -0.435 e. The Labute approximate surface area is 145 Å². The van der Waals surface area contributed by atoms with Crippen LogP contribution in [-0.2, 0) is 6.42 Å². The molecule has 0 atom stereocenters. The molecular formula is C21H32F2O. The van der Waals surface area contributed by atoms with Crippen molar-refractivity contribution in [1.29, 1.82) is 0 Å². The highest BCUT2D eigenvalue weighted by Crippen LogP contribution is 2.34. The van der Waals surface area contributed by atoms with Crippen molar-refractivity contribution in [2.45, 2.75) is 84.2 Å². The summed E-state index contributed by atoms with van der Waals surface area (Å²) < 4.78 is 28.7. The van der Waals surface area contributed by atoms with Crippen LogP contribution in [0.4, 0.5) is 8.78 Å². The van der Waals surface area contributed by atoms with E-state index in [9.17, 15) is 8.78 Å². The maximum Gasteiger partial charge on any atom is 0.387 e. The maximum absolute atomic E-state index is 12.1. The van der Waals surface area contributed by atoms with Gasteiger partial charge in [0, 0.05) is 0 Å². The topological polar surface area (TPSA) is 9.23 Å². The molecule has 0 saturated heterocycles. The highest BCUT2D eigenvalue weighted by molar-refractivity contribution is 5.27. The molecule has 1 aliphatic carbocycles. The van der Waals surface area contributed by atoms with Gasteiger partial charge in [-0.05, 0) is 42.4 Å². The summed E-state index contributed by atoms with van der Waals surface area (Å²) in [5.74, 6) is 2.05. The second kappa shape index (κ2) is 10.7. The van der Waals surface area contributed by atoms with Crippen LogP contribution in [0.25, 0.3) is 0 Å². The molecule has 1 saturated carbocycles. The van der Waals surface area contributed by atoms with Crippen LogP contribution in [0.2, 0.25) is 0 Å². The quantitative estimate of drug-likeness (QED) is 0.417. The molecule has 0 aromatic heterocycles. The third kappa shape index (κ3) is 7.19. The lowest BCUT2D eigenvalue weighted by Gasteiger charge is -2.28. The van der Waals surface area contributed by atoms with Gasteiger partial charge in [-0.1, -0.05) is 76.8 Å². The molecule has 1 fully saturated rings. The van der Waals surface area contributed by atoms with Crippen LogP contribution in [0.5, 0.6) is 5.75 Å². The van der Waals surface area contributed by atoms with Gasteiger partial charge in [0.2, 0.25) is 0 Å². The van der Waals surface area contributed by atoms with Gasteiger partial charge in [0.1, 0.15) is 5.75 Å². The second-order valence-electron chi connectivity index (χ2n) is 7.30. The third-order valence-corrected chi connectivity index (χ3v) is 5.42. The summed E-state index contributed by atoms with van der Waals surface area (Å²) >= 11 is 0. The van der Waals surface area contributed by atoms with E-state index >= 15 is 0 Å². The summed E-state index contributed by atoms with van der Waals surface area (Å²) in [5, 5.41) is 0. The maximum atomic E-state index is 12.1. The zero-order valence-corrected chi connectivity index (χ0v) is 15.0. The third-order valence-electron chi connectivity index (χ3n) is 5.42. The summed E-state index contributed by atoms with van der Waals surface area (Å²) in [6.07, 6.45) is 14.7. The van der Waals surface area contributed by atoms with E-state index in [4.69, 9.17) is 0 Å². The molecule has 1 aliphatic rings. The zero-order valence-electron chi connectivity index (χ0n) is 15.0. The molecule has 0 aliphatic heterocycles. The number of hydrogen-bond donors (Lipinski definition) is 0. The number of benzene rings is 1. The first-order chi connectivity index (χ1) is 11.7. The van der Waals surface area contributed by atoms with Gasteiger partial charge in [-0.25, -0.2) is 0 Å². The Morgan fingerprint density at radius 3 is 2.12 bits per heavy atom. The molecule has 0 radical (unpaired) electrons. The lowest BCUT2D eigenvalue weighted by Crippen LogP contribution is -2.15. The van der Waals surface area contributed by atoms with Crippen LogP contribution in [-0.4, -0.2) is 6.61 Å². The Morgan fingerprint density at radius 2 is 1.54 bits per heavy atom. The minimum absolute atomic E-state index is 0.248. The zero-order chi connectivity index (χ0) is 17.2. The Balaban J connectivity index is 1.62. The van der Waals surface area contributed by atoms with Gasteiger partial charge in [0.25, 0.3) is 0 Å². The van der Waals surface area contributed by atoms with E-state index in [2.05, 4.69) is 11.7 Å². The predicted octanol–water partition coefficient (Wildman–Crippen LogP) is 7.00. The average Bonchev–Trinajstić information content (AvgIpc) is 2.59. The first kappa shape index (κ1) is 19.2. The molecule has 0 unspecified atom stereocenters. The van der Waals surface area contributed by atoms with E-state index in [1.807, 2.05) is 12.1 Å². The number of hydrogen-bond acceptors (Lipinski definition) is 1. The SMILES string of the molecule is CCCCCC[C@H]1CC[C@H](CCc2ccc(OC(F)F)cc2)CC1. The van der Waals surface area contributed by atoms with Crippen molar-refractivity contribution in [3.05, 3.63) is 29.8 Å². The van der Waals surface area contributed by atoms with Gasteiger partial charge in [-0.3, -0.25) is 0 Å². The summed E-state index contributed by atoms with van der Waals surface area (Å²) in [6.45, 7) is -0.474. The molecule has 1 aromatic carbocycles. The van der Waals surface area contributed by atoms with Crippen LogP contribution in [0.15, 0.2) is 24.3 Å². The summed E-state index contributed by atoms with van der Waals surface area (Å²) in [6, 6.07) is 7.12. The monoisotopic (exact) mass is 338 g/mol. The molecule has 24 heavy (non-hydrogen) atoms. The molecule has 3 heteroatoms. The lowest BCUT2D eigenvalue weighted by molar-refractivity contribution is -0.0498. The van der Waals surface area contributed by atoms with Crippen molar-refractivity contribution in [3.8, 4) is 5.75 Å². The molecule has 2 rings (SSSR count). The van der Waals surface area contributed by atoms with Crippen molar-refractivity contribution in [1.82, 2.24) is 0 Å². The first-order valence-corrected chi connectivity index (χ1v) is 9.71. The lowest BCUT2D eigenvalue weighted by atomic mass is 9.78. The smallest absolute Gasteiger partial charge is 0.387 e. The van der Waals surface area contributed by atoms with Crippen LogP contribution in [0.3, 0.4) is 0 Å². The van der Waals surface area contributed by atoms with Gasteiger partial charge < -0.3 is 4.74 Å². The van der Waals surface area contributed by atoms with Crippen molar-refractivity contribution >= 4 is 0 Å². The van der Waals surface area contributed by atoms with Gasteiger partial charge in [0.15, 0.2) is 0 Å². The molecule has 1 aromatic rings. The Kier molecular flexibility index (Phi) is 8.55. The van der Waals surface area contributed by atoms with Crippen LogP contribution < -0.4 is 4.74 Å². The highest BCUT2D eigenvalue weighted by atomic mass is 19.3. The van der Waals surface area contributed by atoms with E-state index in [-0.39, 0.29) is 5.75 Å². The summed E-state index contributed by atoms with van der Waals surface area (Å²) in [5.41, 5.74) is 1.22. The van der Waals surface area contributed by atoms with Gasteiger partial charge in [0.05, 0.1) is 0 Å². The van der Waals surface area contributed by atoms with Gasteiger partial charge in [-0.15, -0.1) is 0 Å². The number of ether oxygens (including phenoxy) is 1. The molecule has 0 N–H and O–H groups in total. The van der Waals surface area contributed by atoms with Crippen molar-refractivity contribution in [2.24, 2.45) is 11.8 Å². The van der Waals surface area contributed by atoms with E-state index < -0.39 is 6.61 Å². The molecule has 0 spiro atoms. The van der Waals surface area contributed by atoms with E-state index in [1.165, 1.54) is 69.8 Å². The van der Waals surface area contributed by atoms with E-state index in [0.29, 0.717) is 0 Å². The van der Waals surface area contributed by atoms with Gasteiger partial charge >= 0.3 is 6.61 Å². The Bertz CT molecular complexity index is 436. The van der Waals surface area contributed by atoms with E-state index in [1.54, 1.807) is 12.1 Å². The number of aryl methyl sites for hydroxylation is 1. The minimum atomic E-state index is -2.74. The number of unbranched alkanes of at least 4 members (excludes halogenated alkanes) is 3. The average molecular weight is 338 g/mol. The Morgan fingerprint density at radius 1 is 0.917 bits per heavy atom. The fourth-order valence-electron chi connectivity index (χ4n) is 3.88. The van der Waals surface area contributed by atoms with E-state index in [0.717, 1.165) is 18.3 Å². The second-order valence-corrected chi connectivity index (χ2v) is 7.30. The number of halogens is 2. The fourth-order valence-corrected chi connectivity index (χ4v) is 3.88. The van der Waals surface area contributed by atoms with Gasteiger partial charge in [-0.2, -0.15) is 8.78 Å². The van der Waals surface area contributed by atoms with Crippen molar-refractivity contribution in [3.63, 3.8) is 0 Å². The molecular weight excluding hydrogens is 306 g/mol. The van der Waals surface area contributed by atoms with Crippen LogP contribution in [0.1, 0.15) is 76.7 Å². The standard InChI is InChI=1S/C21H32F2O/c1-2-3-4-5-6-17-7-9-18(10-8-17)11-12-19-13-15-20(16-14-19)24-21(22)23/h13-18,21H,2-12H2,1H3/t17-,18-. The first-order valence-electron chi connectivity index (χ1n) is 9.71. The number of rotatable bonds is 10. The highest BCUT2D eigenvalue weighted by Gasteiger charge is 2.20. The predicted molar refractivity (Wildman–Crippen MR) is 95.6 cm³/mol. The van der Waals surface area contributed by atoms with Crippen molar-refractivity contribution < 1.29 is 13.5 Å². The van der Waals surface area contributed by atoms with Crippen LogP contribution >= 0.6 is 0 Å². The molecule has 0 amide bonds. The van der Waals surface area contributed by atoms with Crippen molar-refractivity contribution in [2.75, 3.05) is 0 Å². The number of alkyl halides is 2.